The Bertz CT molecular complexity index is 1870. The summed E-state index contributed by atoms with van der Waals surface area (Å²) in [6.45, 7) is 2.97. The number of para-hydroxylation sites is 1. The molecule has 2 aliphatic heterocycles. The fourth-order valence-electron chi connectivity index (χ4n) is 6.70. The van der Waals surface area contributed by atoms with Crippen LogP contribution in [0, 0.1) is 5.92 Å². The summed E-state index contributed by atoms with van der Waals surface area (Å²) in [6, 6.07) is 10.4. The Balaban J connectivity index is 1.58. The summed E-state index contributed by atoms with van der Waals surface area (Å²) < 4.78 is 1.59. The zero-order valence-corrected chi connectivity index (χ0v) is 22.0. The van der Waals surface area contributed by atoms with E-state index in [0.717, 1.165) is 64.8 Å². The number of H-pyrrole nitrogens is 1. The molecule has 2 aliphatic rings. The molecule has 6 heterocycles. The lowest BCUT2D eigenvalue weighted by molar-refractivity contribution is 0.0695. The number of fused-ring (bicyclic) bond motifs is 5. The average molecular weight is 524 g/mol. The fourth-order valence-corrected chi connectivity index (χ4v) is 6.70. The molecule has 0 radical (unpaired) electrons. The third-order valence-electron chi connectivity index (χ3n) is 8.41. The first-order valence-electron chi connectivity index (χ1n) is 13.2. The Morgan fingerprint density at radius 3 is 2.79 bits per heavy atom. The van der Waals surface area contributed by atoms with Crippen molar-refractivity contribution in [1.29, 1.82) is 0 Å². The molecule has 2 saturated heterocycles. The van der Waals surface area contributed by atoms with Crippen LogP contribution < -0.4 is 15.6 Å². The monoisotopic (exact) mass is 523 g/mol. The smallest absolute Gasteiger partial charge is 0.341 e. The summed E-state index contributed by atoms with van der Waals surface area (Å²) in [5.41, 5.74) is 4.07. The van der Waals surface area contributed by atoms with E-state index in [1.54, 1.807) is 23.9 Å². The van der Waals surface area contributed by atoms with Crippen LogP contribution in [0.2, 0.25) is 0 Å². The molecule has 0 aliphatic carbocycles. The van der Waals surface area contributed by atoms with E-state index in [0.29, 0.717) is 23.4 Å². The lowest BCUT2D eigenvalue weighted by Crippen LogP contribution is -2.35. The predicted molar refractivity (Wildman–Crippen MR) is 153 cm³/mol. The van der Waals surface area contributed by atoms with Crippen LogP contribution >= 0.6 is 0 Å². The molecule has 3 N–H and O–H groups in total. The molecule has 0 amide bonds. The van der Waals surface area contributed by atoms with Crippen LogP contribution in [0.5, 0.6) is 0 Å². The van der Waals surface area contributed by atoms with E-state index in [4.69, 9.17) is 4.98 Å². The lowest BCUT2D eigenvalue weighted by Gasteiger charge is -2.30. The van der Waals surface area contributed by atoms with Crippen LogP contribution in [-0.2, 0) is 7.05 Å². The van der Waals surface area contributed by atoms with E-state index in [9.17, 15) is 14.7 Å². The van der Waals surface area contributed by atoms with Gasteiger partial charge in [-0.1, -0.05) is 18.2 Å². The molecule has 7 rings (SSSR count). The second kappa shape index (κ2) is 8.54. The first-order chi connectivity index (χ1) is 18.9. The Morgan fingerprint density at radius 1 is 1.18 bits per heavy atom. The molecule has 0 bridgehead atoms. The summed E-state index contributed by atoms with van der Waals surface area (Å²) in [7, 11) is 5.72. The van der Waals surface area contributed by atoms with E-state index >= 15 is 0 Å². The molecule has 2 fully saturated rings. The number of likely N-dealkylation sites (N-methyl/N-ethyl adjacent to an activating group) is 1. The quantitative estimate of drug-likeness (QED) is 0.328. The maximum atomic E-state index is 13.2. The van der Waals surface area contributed by atoms with Crippen LogP contribution in [0.3, 0.4) is 0 Å². The lowest BCUT2D eigenvalue weighted by atomic mass is 9.98. The first kappa shape index (κ1) is 23.7. The van der Waals surface area contributed by atoms with Crippen LogP contribution in [0.25, 0.3) is 44.1 Å². The minimum atomic E-state index is -1.25. The van der Waals surface area contributed by atoms with Gasteiger partial charge in [-0.25, -0.2) is 14.8 Å². The molecule has 4 aromatic heterocycles. The molecule has 1 aromatic carbocycles. The number of likely N-dealkylation sites (tertiary alicyclic amines) is 1. The highest BCUT2D eigenvalue weighted by atomic mass is 16.4. The third kappa shape index (κ3) is 3.44. The normalized spacial score (nSPS) is 19.4. The van der Waals surface area contributed by atoms with Gasteiger partial charge in [0.2, 0.25) is 5.43 Å². The average Bonchev–Trinajstić information content (AvgIpc) is 3.60. The fraction of sp³-hybridized carbons (Fsp3) is 0.310. The van der Waals surface area contributed by atoms with Gasteiger partial charge in [0.25, 0.3) is 0 Å². The number of carbonyl (C=O) groups is 1. The molecule has 198 valence electrons. The maximum Gasteiger partial charge on any atom is 0.341 e. The summed E-state index contributed by atoms with van der Waals surface area (Å²) in [5, 5.41) is 15.3. The van der Waals surface area contributed by atoms with Crippen molar-refractivity contribution in [1.82, 2.24) is 24.4 Å². The van der Waals surface area contributed by atoms with Crippen LogP contribution in [0.4, 0.5) is 11.5 Å². The molecule has 0 saturated carbocycles. The Labute approximate surface area is 223 Å². The number of aromatic carboxylic acids is 1. The second-order valence-electron chi connectivity index (χ2n) is 10.7. The maximum absolute atomic E-state index is 13.2. The summed E-state index contributed by atoms with van der Waals surface area (Å²) in [6.07, 6.45) is 4.19. The highest BCUT2D eigenvalue weighted by Gasteiger charge is 2.42. The molecule has 10 nitrogen and oxygen atoms in total. The van der Waals surface area contributed by atoms with E-state index in [2.05, 4.69) is 44.3 Å². The number of benzene rings is 1. The van der Waals surface area contributed by atoms with Gasteiger partial charge in [0.05, 0.1) is 16.5 Å². The van der Waals surface area contributed by atoms with Gasteiger partial charge in [-0.3, -0.25) is 4.79 Å². The van der Waals surface area contributed by atoms with Gasteiger partial charge in [0.15, 0.2) is 0 Å². The van der Waals surface area contributed by atoms with Crippen molar-refractivity contribution < 1.29 is 9.90 Å². The van der Waals surface area contributed by atoms with E-state index < -0.39 is 11.4 Å². The molecule has 0 unspecified atom stereocenters. The van der Waals surface area contributed by atoms with Crippen molar-refractivity contribution >= 4 is 50.4 Å². The number of aromatic amines is 1. The van der Waals surface area contributed by atoms with Gasteiger partial charge in [0, 0.05) is 74.2 Å². The molecule has 39 heavy (non-hydrogen) atoms. The molecule has 5 aromatic rings. The van der Waals surface area contributed by atoms with Gasteiger partial charge >= 0.3 is 5.97 Å². The number of hydrogen-bond donors (Lipinski definition) is 3. The predicted octanol–water partition coefficient (Wildman–Crippen LogP) is 3.51. The SMILES string of the molecule is CNc1nc2[nH]c3ccccc3c2c(N2CC[C@@H]3CN(C)C[C@@H]32)c1-c1cnc2c(c1)c(=O)c(C(=O)O)cn2C. The van der Waals surface area contributed by atoms with Crippen molar-refractivity contribution in [2.75, 3.05) is 43.9 Å². The third-order valence-corrected chi connectivity index (χ3v) is 8.41. The topological polar surface area (TPSA) is 119 Å². The largest absolute Gasteiger partial charge is 0.477 e. The number of anilines is 2. The number of carboxylic acid groups (broad SMARTS) is 1. The first-order valence-corrected chi connectivity index (χ1v) is 13.2. The Hall–Kier alpha value is -4.44. The van der Waals surface area contributed by atoms with Crippen molar-refractivity contribution in [3.63, 3.8) is 0 Å². The van der Waals surface area contributed by atoms with Crippen LogP contribution in [-0.4, -0.2) is 75.3 Å². The molecular weight excluding hydrogens is 494 g/mol. The second-order valence-corrected chi connectivity index (χ2v) is 10.7. The zero-order chi connectivity index (χ0) is 27.0. The summed E-state index contributed by atoms with van der Waals surface area (Å²) >= 11 is 0. The van der Waals surface area contributed by atoms with Crippen molar-refractivity contribution in [2.45, 2.75) is 12.5 Å². The van der Waals surface area contributed by atoms with Crippen molar-refractivity contribution in [3.05, 3.63) is 58.5 Å². The standard InChI is InChI=1S/C29H29N7O3/c1-30-26-22(16-10-18-25(37)19(29(38)39)13-35(3)28(18)31-11-16)24(36-9-8-15-12-34(2)14-21(15)36)23-17-6-4-5-7-20(17)32-27(23)33-26/h4-7,10-11,13,15,21H,8-9,12,14H2,1-3H3,(H,38,39)(H2,30,32,33)/t15-,21+/m1/s1. The highest BCUT2D eigenvalue weighted by Crippen LogP contribution is 2.48. The van der Waals surface area contributed by atoms with Crippen molar-refractivity contribution in [3.8, 4) is 11.1 Å². The van der Waals surface area contributed by atoms with Gasteiger partial charge in [0.1, 0.15) is 22.7 Å². The molecule has 10 heteroatoms. The van der Waals surface area contributed by atoms with Crippen LogP contribution in [0.1, 0.15) is 16.8 Å². The van der Waals surface area contributed by atoms with E-state index in [-0.39, 0.29) is 10.9 Å². The van der Waals surface area contributed by atoms with Crippen molar-refractivity contribution in [2.24, 2.45) is 13.0 Å². The van der Waals surface area contributed by atoms with Gasteiger partial charge in [-0.2, -0.15) is 0 Å². The number of pyridine rings is 3. The number of nitrogens with one attached hydrogen (secondary N) is 2. The molecule has 0 spiro atoms. The number of aromatic nitrogens is 4. The highest BCUT2D eigenvalue weighted by molar-refractivity contribution is 6.17. The summed E-state index contributed by atoms with van der Waals surface area (Å²) in [5.74, 6) is -0.00415. The number of hydrogen-bond acceptors (Lipinski definition) is 7. The van der Waals surface area contributed by atoms with E-state index in [1.165, 1.54) is 6.20 Å². The van der Waals surface area contributed by atoms with Gasteiger partial charge in [-0.15, -0.1) is 0 Å². The molecule has 2 atom stereocenters. The zero-order valence-electron chi connectivity index (χ0n) is 22.0. The Kier molecular flexibility index (Phi) is 5.18. The number of carboxylic acids is 1. The van der Waals surface area contributed by atoms with Crippen LogP contribution in [0.15, 0.2) is 47.5 Å². The Morgan fingerprint density at radius 2 is 2.00 bits per heavy atom. The van der Waals surface area contributed by atoms with Gasteiger partial charge < -0.3 is 29.8 Å². The molecular formula is C29H29N7O3. The number of nitrogens with zero attached hydrogens (tertiary/aromatic N) is 5. The number of rotatable bonds is 4. The van der Waals surface area contributed by atoms with Gasteiger partial charge in [-0.05, 0) is 31.5 Å². The minimum Gasteiger partial charge on any atom is -0.477 e. The minimum absolute atomic E-state index is 0.266. The summed E-state index contributed by atoms with van der Waals surface area (Å²) in [4.78, 5) is 43.1. The number of aryl methyl sites for hydroxylation is 1. The van der Waals surface area contributed by atoms with E-state index in [1.807, 2.05) is 19.2 Å².